The number of aromatic hydroxyl groups is 1. The molecule has 0 spiro atoms. The van der Waals surface area contributed by atoms with Gasteiger partial charge in [-0.3, -0.25) is 29.5 Å². The predicted octanol–water partition coefficient (Wildman–Crippen LogP) is 5.48. The molecule has 2 saturated heterocycles. The maximum Gasteiger partial charge on any atom is 0.573 e. The summed E-state index contributed by atoms with van der Waals surface area (Å²) >= 11 is 12.6. The highest BCUT2D eigenvalue weighted by atomic mass is 35.5. The molecule has 0 bridgehead atoms. The number of halogens is 5. The summed E-state index contributed by atoms with van der Waals surface area (Å²) in [4.78, 5) is 60.0. The summed E-state index contributed by atoms with van der Waals surface area (Å²) in [5.74, 6) is -9.56. The van der Waals surface area contributed by atoms with Crippen LogP contribution in [0, 0.1) is 23.7 Å². The Bertz CT molecular complexity index is 2420. The molecular formula is C40H31BCl2F3N3O9. The van der Waals surface area contributed by atoms with Gasteiger partial charge in [0.2, 0.25) is 11.8 Å². The fraction of sp³-hybridized carbons (Fsp3) is 0.250. The number of phenols is 1. The number of phenolic OH excluding ortho intramolecular Hbond substituents is 1. The van der Waals surface area contributed by atoms with Gasteiger partial charge in [0.25, 0.3) is 11.8 Å². The number of carbonyl (C=O) groups excluding carboxylic acids is 4. The Hall–Kier alpha value is -5.55. The third kappa shape index (κ3) is 6.26. The molecule has 4 aromatic carbocycles. The standard InChI is InChI=1S/C40H31BCl2F3N3O9/c1-57-23-8-5-19(6-9-23)39-29(36(52)49(38(39)54)47-31-13-7-21(42)16-30(31)43)18-27-25(34(39)28-17-24(10-14-32(28)50)58-40(44,45)46)11-12-26-33(27)37(53)48(35(26)51)22-4-2-3-20(15-22)41(55)56/h2-11,13-17,26-27,29,33-34,47,50,55-56H,12,18H2,1H3. The number of alkyl halides is 3. The number of ether oxygens (including phenoxy) is 2. The number of hydrogen-bond donors (Lipinski definition) is 4. The van der Waals surface area contributed by atoms with Crippen LogP contribution in [0.25, 0.3) is 0 Å². The number of imide groups is 2. The number of nitrogens with zero attached hydrogens (tertiary/aromatic N) is 2. The molecule has 4 aliphatic rings. The van der Waals surface area contributed by atoms with Crippen molar-refractivity contribution >= 4 is 70.8 Å². The van der Waals surface area contributed by atoms with E-state index in [0.29, 0.717) is 11.3 Å². The van der Waals surface area contributed by atoms with Crippen LogP contribution in [0.2, 0.25) is 10.0 Å². The highest BCUT2D eigenvalue weighted by Crippen LogP contribution is 2.65. The first kappa shape index (κ1) is 39.3. The van der Waals surface area contributed by atoms with E-state index in [1.807, 2.05) is 0 Å². The van der Waals surface area contributed by atoms with E-state index in [1.165, 1.54) is 49.6 Å². The maximum absolute atomic E-state index is 15.4. The minimum absolute atomic E-state index is 0.0219. The molecule has 2 aliphatic carbocycles. The SMILES string of the molecule is COc1ccc(C23C(=O)N(Nc4ccc(Cl)cc4Cl)C(=O)C2CC2C(=CCC4C(=O)N(c5cccc(B(O)O)c5)C(=O)C42)C3c2cc(OC(F)(F)F)ccc2O)cc1. The zero-order chi connectivity index (χ0) is 41.4. The lowest BCUT2D eigenvalue weighted by molar-refractivity contribution is -0.274. The van der Waals surface area contributed by atoms with Gasteiger partial charge in [0.05, 0.1) is 46.7 Å². The summed E-state index contributed by atoms with van der Waals surface area (Å²) in [6, 6.07) is 19.0. The van der Waals surface area contributed by atoms with E-state index in [0.717, 1.165) is 28.1 Å². The molecule has 58 heavy (non-hydrogen) atoms. The Morgan fingerprint density at radius 1 is 0.879 bits per heavy atom. The number of allylic oxidation sites excluding steroid dienone is 2. The van der Waals surface area contributed by atoms with Gasteiger partial charge in [-0.15, -0.1) is 13.2 Å². The number of rotatable bonds is 8. The van der Waals surface area contributed by atoms with Crippen LogP contribution in [-0.4, -0.2) is 64.4 Å². The van der Waals surface area contributed by atoms with E-state index in [-0.39, 0.29) is 50.9 Å². The van der Waals surface area contributed by atoms with Gasteiger partial charge in [0.15, 0.2) is 0 Å². The number of methoxy groups -OCH3 is 1. The van der Waals surface area contributed by atoms with Crippen molar-refractivity contribution in [1.82, 2.24) is 5.01 Å². The average Bonchev–Trinajstić information content (AvgIpc) is 3.56. The summed E-state index contributed by atoms with van der Waals surface area (Å²) in [5, 5.41) is 32.3. The highest BCUT2D eigenvalue weighted by molar-refractivity contribution is 6.58. The molecule has 298 valence electrons. The van der Waals surface area contributed by atoms with Crippen LogP contribution in [0.15, 0.2) is 96.6 Å². The number of fused-ring (bicyclic) bond motifs is 4. The third-order valence-electron chi connectivity index (χ3n) is 11.6. The third-order valence-corrected chi connectivity index (χ3v) is 12.1. The summed E-state index contributed by atoms with van der Waals surface area (Å²) in [7, 11) is -0.474. The van der Waals surface area contributed by atoms with E-state index in [1.54, 1.807) is 30.3 Å². The second-order valence-corrected chi connectivity index (χ2v) is 15.3. The second-order valence-electron chi connectivity index (χ2n) is 14.5. The summed E-state index contributed by atoms with van der Waals surface area (Å²) < 4.78 is 50.7. The first-order valence-corrected chi connectivity index (χ1v) is 18.7. The lowest BCUT2D eigenvalue weighted by atomic mass is 9.49. The van der Waals surface area contributed by atoms with Crippen LogP contribution < -0.4 is 25.3 Å². The van der Waals surface area contributed by atoms with Gasteiger partial charge in [0, 0.05) is 16.5 Å². The lowest BCUT2D eigenvalue weighted by Crippen LogP contribution is -2.53. The summed E-state index contributed by atoms with van der Waals surface area (Å²) in [6.07, 6.45) is -3.72. The Balaban J connectivity index is 1.35. The zero-order valence-corrected chi connectivity index (χ0v) is 31.6. The van der Waals surface area contributed by atoms with Crippen molar-refractivity contribution in [3.8, 4) is 17.2 Å². The van der Waals surface area contributed by atoms with Gasteiger partial charge in [0.1, 0.15) is 17.2 Å². The Morgan fingerprint density at radius 3 is 2.28 bits per heavy atom. The van der Waals surface area contributed by atoms with E-state index in [2.05, 4.69) is 10.2 Å². The van der Waals surface area contributed by atoms with Crippen molar-refractivity contribution in [2.75, 3.05) is 17.4 Å². The molecule has 0 radical (unpaired) electrons. The number of nitrogens with one attached hydrogen (secondary N) is 1. The van der Waals surface area contributed by atoms with E-state index in [9.17, 15) is 42.7 Å². The molecule has 6 atom stereocenters. The molecule has 2 aliphatic heterocycles. The first-order valence-electron chi connectivity index (χ1n) is 17.9. The minimum atomic E-state index is -5.14. The first-order chi connectivity index (χ1) is 27.5. The number of amides is 4. The van der Waals surface area contributed by atoms with E-state index in [4.69, 9.17) is 27.9 Å². The van der Waals surface area contributed by atoms with Gasteiger partial charge < -0.3 is 24.6 Å². The molecule has 8 rings (SSSR count). The van der Waals surface area contributed by atoms with Crippen molar-refractivity contribution < 1.29 is 57.0 Å². The van der Waals surface area contributed by atoms with Gasteiger partial charge in [-0.2, -0.15) is 5.01 Å². The normalized spacial score (nSPS) is 25.2. The minimum Gasteiger partial charge on any atom is -0.508 e. The highest BCUT2D eigenvalue weighted by Gasteiger charge is 2.71. The Kier molecular flexibility index (Phi) is 9.74. The summed E-state index contributed by atoms with van der Waals surface area (Å²) in [5.41, 5.74) is 1.42. The van der Waals surface area contributed by atoms with Gasteiger partial charge in [-0.05, 0) is 90.4 Å². The second kappa shape index (κ2) is 14.4. The average molecular weight is 836 g/mol. The number of hydrogen-bond acceptors (Lipinski definition) is 10. The smallest absolute Gasteiger partial charge is 0.508 e. The molecule has 1 saturated carbocycles. The predicted molar refractivity (Wildman–Crippen MR) is 204 cm³/mol. The van der Waals surface area contributed by atoms with Crippen LogP contribution in [0.1, 0.15) is 29.9 Å². The molecule has 4 amide bonds. The van der Waals surface area contributed by atoms with Crippen LogP contribution >= 0.6 is 23.2 Å². The Morgan fingerprint density at radius 2 is 1.60 bits per heavy atom. The number of benzene rings is 4. The van der Waals surface area contributed by atoms with Crippen molar-refractivity contribution in [2.24, 2.45) is 23.7 Å². The number of carbonyl (C=O) groups is 4. The molecule has 18 heteroatoms. The fourth-order valence-corrected chi connectivity index (χ4v) is 9.68. The van der Waals surface area contributed by atoms with Crippen LogP contribution in [0.4, 0.5) is 24.5 Å². The van der Waals surface area contributed by atoms with Gasteiger partial charge in [-0.1, -0.05) is 59.1 Å². The monoisotopic (exact) mass is 835 g/mol. The molecule has 0 aromatic heterocycles. The molecule has 3 fully saturated rings. The lowest BCUT2D eigenvalue weighted by Gasteiger charge is -2.50. The van der Waals surface area contributed by atoms with Crippen molar-refractivity contribution in [3.63, 3.8) is 0 Å². The maximum atomic E-state index is 15.4. The molecule has 12 nitrogen and oxygen atoms in total. The quantitative estimate of drug-likeness (QED) is 0.102. The molecule has 4 aromatic rings. The number of anilines is 2. The fourth-order valence-electron chi connectivity index (χ4n) is 9.23. The molecule has 2 heterocycles. The van der Waals surface area contributed by atoms with Crippen LogP contribution in [0.3, 0.4) is 0 Å². The van der Waals surface area contributed by atoms with Gasteiger partial charge in [-0.25, -0.2) is 0 Å². The molecular weight excluding hydrogens is 805 g/mol. The van der Waals surface area contributed by atoms with Crippen LogP contribution in [0.5, 0.6) is 17.2 Å². The number of hydrazine groups is 1. The van der Waals surface area contributed by atoms with Crippen molar-refractivity contribution in [1.29, 1.82) is 0 Å². The van der Waals surface area contributed by atoms with E-state index >= 15 is 4.79 Å². The zero-order valence-electron chi connectivity index (χ0n) is 30.1. The molecule has 4 N–H and O–H groups in total. The van der Waals surface area contributed by atoms with Crippen molar-refractivity contribution in [2.45, 2.75) is 30.5 Å². The van der Waals surface area contributed by atoms with E-state index < -0.39 is 83.6 Å². The Labute approximate surface area is 338 Å². The topological polar surface area (TPSA) is 166 Å². The van der Waals surface area contributed by atoms with Crippen molar-refractivity contribution in [3.05, 3.63) is 118 Å². The largest absolute Gasteiger partial charge is 0.573 e. The van der Waals surface area contributed by atoms with Gasteiger partial charge >= 0.3 is 13.5 Å². The molecule has 6 unspecified atom stereocenters. The summed E-state index contributed by atoms with van der Waals surface area (Å²) in [6.45, 7) is 0. The van der Waals surface area contributed by atoms with Crippen LogP contribution in [-0.2, 0) is 24.6 Å².